The van der Waals surface area contributed by atoms with Gasteiger partial charge in [-0.25, -0.2) is 4.39 Å². The summed E-state index contributed by atoms with van der Waals surface area (Å²) in [5.74, 6) is -0.579. The maximum atomic E-state index is 14.1. The van der Waals surface area contributed by atoms with Gasteiger partial charge < -0.3 is 5.11 Å². The molecule has 0 saturated heterocycles. The van der Waals surface area contributed by atoms with Gasteiger partial charge in [0.05, 0.1) is 4.48 Å². The van der Waals surface area contributed by atoms with Gasteiger partial charge in [-0.05, 0) is 58.8 Å². The highest BCUT2D eigenvalue weighted by molar-refractivity contribution is 9.12. The molecule has 1 aromatic rings. The Kier molecular flexibility index (Phi) is 2.13. The molecule has 1 spiro atoms. The van der Waals surface area contributed by atoms with Crippen LogP contribution in [0.1, 0.15) is 30.4 Å². The Morgan fingerprint density at radius 2 is 2.21 bits per heavy atom. The highest BCUT2D eigenvalue weighted by Crippen LogP contribution is 2.63. The summed E-state index contributed by atoms with van der Waals surface area (Å²) in [6.45, 7) is 0. The van der Waals surface area contributed by atoms with Gasteiger partial charge in [0.25, 0.3) is 0 Å². The van der Waals surface area contributed by atoms with Crippen molar-refractivity contribution in [2.45, 2.75) is 25.7 Å². The Bertz CT molecular complexity index is 664. The van der Waals surface area contributed by atoms with Crippen LogP contribution in [0, 0.1) is 17.2 Å². The maximum Gasteiger partial charge on any atom is 0.173 e. The normalized spacial score (nSPS) is 31.7. The summed E-state index contributed by atoms with van der Waals surface area (Å²) in [5.41, 5.74) is 2.26. The summed E-state index contributed by atoms with van der Waals surface area (Å²) < 4.78 is 14.7. The van der Waals surface area contributed by atoms with Crippen molar-refractivity contribution >= 4 is 27.3 Å². The second kappa shape index (κ2) is 3.48. The topological polar surface area (TPSA) is 37.3 Å². The van der Waals surface area contributed by atoms with E-state index in [9.17, 15) is 14.3 Å². The molecule has 1 aromatic carbocycles. The van der Waals surface area contributed by atoms with Crippen molar-refractivity contribution in [3.63, 3.8) is 0 Å². The fraction of sp³-hybridized carbons (Fsp3) is 0.400. The van der Waals surface area contributed by atoms with Crippen molar-refractivity contribution in [1.29, 1.82) is 0 Å². The van der Waals surface area contributed by atoms with Gasteiger partial charge in [0.15, 0.2) is 17.3 Å². The zero-order valence-corrected chi connectivity index (χ0v) is 11.8. The van der Waals surface area contributed by atoms with Crippen LogP contribution in [-0.4, -0.2) is 10.9 Å². The van der Waals surface area contributed by atoms with E-state index in [1.54, 1.807) is 6.07 Å². The molecule has 2 bridgehead atoms. The standard InChI is InChI=1S/C15H12BrFO2/c16-12-11-8-1-2-10(18)13(17)9(8)6-15(11)4-3-7(5-15)14(12)19/h1-2,7,18H,3-6H2/t7-,15+/m0/s1. The first-order valence-electron chi connectivity index (χ1n) is 6.49. The van der Waals surface area contributed by atoms with Gasteiger partial charge in [0.2, 0.25) is 0 Å². The Hall–Kier alpha value is -1.16. The number of Topliss-reactive ketones (excluding diaryl/α,β-unsaturated/α-hetero) is 1. The summed E-state index contributed by atoms with van der Waals surface area (Å²) >= 11 is 3.43. The summed E-state index contributed by atoms with van der Waals surface area (Å²) in [4.78, 5) is 12.2. The van der Waals surface area contributed by atoms with Crippen LogP contribution in [0.5, 0.6) is 5.75 Å². The summed E-state index contributed by atoms with van der Waals surface area (Å²) in [7, 11) is 0. The summed E-state index contributed by atoms with van der Waals surface area (Å²) in [6, 6.07) is 3.12. The number of allylic oxidation sites excluding steroid dienone is 2. The van der Waals surface area contributed by atoms with Gasteiger partial charge in [0.1, 0.15) is 0 Å². The third-order valence-electron chi connectivity index (χ3n) is 4.95. The van der Waals surface area contributed by atoms with Crippen LogP contribution in [0.3, 0.4) is 0 Å². The molecule has 1 N–H and O–H groups in total. The summed E-state index contributed by atoms with van der Waals surface area (Å²) in [6.07, 6.45) is 3.25. The predicted octanol–water partition coefficient (Wildman–Crippen LogP) is 3.56. The molecule has 3 aliphatic carbocycles. The van der Waals surface area contributed by atoms with Crippen LogP contribution in [-0.2, 0) is 11.2 Å². The minimum Gasteiger partial charge on any atom is -0.505 e. The highest BCUT2D eigenvalue weighted by Gasteiger charge is 2.54. The molecular formula is C15H12BrFO2. The fourth-order valence-corrected chi connectivity index (χ4v) is 5.08. The lowest BCUT2D eigenvalue weighted by atomic mass is 9.74. The molecule has 1 saturated carbocycles. The minimum absolute atomic E-state index is 0.0871. The van der Waals surface area contributed by atoms with Crippen LogP contribution in [0.4, 0.5) is 4.39 Å². The van der Waals surface area contributed by atoms with Gasteiger partial charge in [-0.2, -0.15) is 0 Å². The lowest BCUT2D eigenvalue weighted by molar-refractivity contribution is -0.118. The number of benzene rings is 1. The van der Waals surface area contributed by atoms with Gasteiger partial charge in [-0.1, -0.05) is 6.07 Å². The molecule has 0 heterocycles. The number of hydrogen-bond acceptors (Lipinski definition) is 2. The van der Waals surface area contributed by atoms with Gasteiger partial charge in [0, 0.05) is 16.9 Å². The molecule has 0 aromatic heterocycles. The highest BCUT2D eigenvalue weighted by atomic mass is 79.9. The molecule has 19 heavy (non-hydrogen) atoms. The Balaban J connectivity index is 2.03. The number of carbonyl (C=O) groups is 1. The van der Waals surface area contributed by atoms with E-state index in [4.69, 9.17) is 0 Å². The molecule has 4 heteroatoms. The van der Waals surface area contributed by atoms with Crippen LogP contribution in [0.2, 0.25) is 0 Å². The first-order valence-corrected chi connectivity index (χ1v) is 7.28. The number of rotatable bonds is 0. The SMILES string of the molecule is O=C1C(Br)=C2c3ccc(O)c(F)c3C[C@]23CC[C@H]1C3. The number of hydrogen-bond donors (Lipinski definition) is 1. The largest absolute Gasteiger partial charge is 0.505 e. The average molecular weight is 323 g/mol. The molecule has 0 aliphatic heterocycles. The van der Waals surface area contributed by atoms with Crippen LogP contribution < -0.4 is 0 Å². The van der Waals surface area contributed by atoms with E-state index in [2.05, 4.69) is 15.9 Å². The van der Waals surface area contributed by atoms with E-state index in [0.717, 1.165) is 30.4 Å². The van der Waals surface area contributed by atoms with E-state index < -0.39 is 5.82 Å². The molecule has 98 valence electrons. The maximum absolute atomic E-state index is 14.1. The van der Waals surface area contributed by atoms with Crippen LogP contribution >= 0.6 is 15.9 Å². The molecule has 4 rings (SSSR count). The lowest BCUT2D eigenvalue weighted by Gasteiger charge is -2.30. The number of phenolic OH excluding ortho intramolecular Hbond substituents is 1. The molecule has 0 amide bonds. The Labute approximate surface area is 118 Å². The van der Waals surface area contributed by atoms with Crippen molar-refractivity contribution < 1.29 is 14.3 Å². The Morgan fingerprint density at radius 1 is 1.42 bits per heavy atom. The van der Waals surface area contributed by atoms with Crippen molar-refractivity contribution in [3.8, 4) is 5.75 Å². The zero-order valence-electron chi connectivity index (χ0n) is 10.2. The smallest absolute Gasteiger partial charge is 0.173 e. The second-order valence-electron chi connectivity index (χ2n) is 5.87. The number of halogens is 2. The number of ketones is 1. The monoisotopic (exact) mass is 322 g/mol. The van der Waals surface area contributed by atoms with Crippen LogP contribution in [0.25, 0.3) is 5.57 Å². The van der Waals surface area contributed by atoms with E-state index in [1.807, 2.05) is 0 Å². The first kappa shape index (κ1) is 11.6. The molecule has 1 fully saturated rings. The molecular weight excluding hydrogens is 311 g/mol. The number of aromatic hydroxyl groups is 1. The molecule has 0 unspecified atom stereocenters. The zero-order chi connectivity index (χ0) is 13.4. The van der Waals surface area contributed by atoms with Gasteiger partial charge in [-0.3, -0.25) is 4.79 Å². The third kappa shape index (κ3) is 1.28. The van der Waals surface area contributed by atoms with Crippen molar-refractivity contribution in [3.05, 3.63) is 33.6 Å². The number of fused-ring (bicyclic) bond motifs is 3. The van der Waals surface area contributed by atoms with E-state index in [-0.39, 0.29) is 22.9 Å². The van der Waals surface area contributed by atoms with E-state index in [0.29, 0.717) is 16.5 Å². The predicted molar refractivity (Wildman–Crippen MR) is 72.4 cm³/mol. The van der Waals surface area contributed by atoms with Gasteiger partial charge in [-0.15, -0.1) is 0 Å². The van der Waals surface area contributed by atoms with Crippen molar-refractivity contribution in [2.75, 3.05) is 0 Å². The molecule has 2 atom stereocenters. The quantitative estimate of drug-likeness (QED) is 0.793. The second-order valence-corrected chi connectivity index (χ2v) is 6.67. The first-order chi connectivity index (χ1) is 9.03. The third-order valence-corrected chi connectivity index (χ3v) is 5.74. The van der Waals surface area contributed by atoms with E-state index >= 15 is 0 Å². The van der Waals surface area contributed by atoms with Gasteiger partial charge >= 0.3 is 0 Å². The average Bonchev–Trinajstić information content (AvgIpc) is 2.93. The number of carbonyl (C=O) groups excluding carboxylic acids is 1. The van der Waals surface area contributed by atoms with Crippen molar-refractivity contribution in [1.82, 2.24) is 0 Å². The summed E-state index contributed by atoms with van der Waals surface area (Å²) in [5, 5.41) is 9.53. The fourth-order valence-electron chi connectivity index (χ4n) is 4.12. The molecule has 0 radical (unpaired) electrons. The minimum atomic E-state index is -0.523. The van der Waals surface area contributed by atoms with Crippen LogP contribution in [0.15, 0.2) is 16.6 Å². The molecule has 3 aliphatic rings. The molecule has 2 nitrogen and oxygen atoms in total. The van der Waals surface area contributed by atoms with E-state index in [1.165, 1.54) is 6.07 Å². The van der Waals surface area contributed by atoms with Crippen molar-refractivity contribution in [2.24, 2.45) is 11.3 Å². The Morgan fingerprint density at radius 3 is 3.00 bits per heavy atom. The lowest BCUT2D eigenvalue weighted by Crippen LogP contribution is -2.25. The number of phenols is 1.